The fourth-order valence-electron chi connectivity index (χ4n) is 1.85. The topological polar surface area (TPSA) is 106 Å². The number of aromatic hydroxyl groups is 1. The number of ether oxygens (including phenoxy) is 2. The number of rotatable bonds is 4. The van der Waals surface area contributed by atoms with Crippen LogP contribution in [0, 0.1) is 0 Å². The summed E-state index contributed by atoms with van der Waals surface area (Å²) in [5.74, 6) is -1.99. The predicted molar refractivity (Wildman–Crippen MR) is 68.8 cm³/mol. The van der Waals surface area contributed by atoms with E-state index in [1.54, 1.807) is 6.92 Å². The van der Waals surface area contributed by atoms with Gasteiger partial charge >= 0.3 is 11.6 Å². The Morgan fingerprint density at radius 1 is 1.40 bits per heavy atom. The minimum Gasteiger partial charge on any atom is -0.503 e. The molecule has 106 valence electrons. The van der Waals surface area contributed by atoms with Gasteiger partial charge in [0.1, 0.15) is 16.7 Å². The molecule has 20 heavy (non-hydrogen) atoms. The van der Waals surface area contributed by atoms with Crippen molar-refractivity contribution in [2.45, 2.75) is 6.92 Å². The highest BCUT2D eigenvalue weighted by molar-refractivity contribution is 6.05. The van der Waals surface area contributed by atoms with Crippen molar-refractivity contribution in [1.82, 2.24) is 0 Å². The molecule has 0 bridgehead atoms. The maximum Gasteiger partial charge on any atom is 0.383 e. The highest BCUT2D eigenvalue weighted by Gasteiger charge is 2.23. The Morgan fingerprint density at radius 2 is 2.10 bits per heavy atom. The Morgan fingerprint density at radius 3 is 2.65 bits per heavy atom. The molecular formula is C13H12O7. The lowest BCUT2D eigenvalue weighted by molar-refractivity contribution is 0.0697. The van der Waals surface area contributed by atoms with Crippen LogP contribution >= 0.6 is 0 Å². The zero-order chi connectivity index (χ0) is 14.9. The summed E-state index contributed by atoms with van der Waals surface area (Å²) in [6.07, 6.45) is 0. The van der Waals surface area contributed by atoms with Crippen LogP contribution in [0.2, 0.25) is 0 Å². The van der Waals surface area contributed by atoms with Gasteiger partial charge in [-0.2, -0.15) is 0 Å². The van der Waals surface area contributed by atoms with E-state index in [4.69, 9.17) is 19.0 Å². The first-order valence-corrected chi connectivity index (χ1v) is 5.74. The van der Waals surface area contributed by atoms with Gasteiger partial charge in [-0.25, -0.2) is 9.59 Å². The Bertz CT molecular complexity index is 730. The SMILES string of the molecule is CCOc1c(O)c2c(OC)ccc(C(=O)O)c2oc1=O. The fraction of sp³-hybridized carbons (Fsp3) is 0.231. The molecule has 1 heterocycles. The number of fused-ring (bicyclic) bond motifs is 1. The number of aromatic carboxylic acids is 1. The first-order chi connectivity index (χ1) is 9.51. The molecule has 0 unspecified atom stereocenters. The second kappa shape index (κ2) is 5.12. The van der Waals surface area contributed by atoms with E-state index in [1.165, 1.54) is 19.2 Å². The van der Waals surface area contributed by atoms with Gasteiger partial charge in [0.2, 0.25) is 5.75 Å². The van der Waals surface area contributed by atoms with Crippen LogP contribution < -0.4 is 15.1 Å². The Balaban J connectivity index is 2.95. The van der Waals surface area contributed by atoms with Crippen molar-refractivity contribution in [2.75, 3.05) is 13.7 Å². The van der Waals surface area contributed by atoms with Crippen LogP contribution in [0.4, 0.5) is 0 Å². The first kappa shape index (κ1) is 13.7. The molecule has 2 aromatic rings. The van der Waals surface area contributed by atoms with Crippen LogP contribution in [-0.2, 0) is 0 Å². The summed E-state index contributed by atoms with van der Waals surface area (Å²) in [6.45, 7) is 1.78. The van der Waals surface area contributed by atoms with E-state index in [9.17, 15) is 14.7 Å². The lowest BCUT2D eigenvalue weighted by Crippen LogP contribution is -2.09. The largest absolute Gasteiger partial charge is 0.503 e. The summed E-state index contributed by atoms with van der Waals surface area (Å²) in [4.78, 5) is 22.9. The Kier molecular flexibility index (Phi) is 3.51. The summed E-state index contributed by atoms with van der Waals surface area (Å²) in [5.41, 5.74) is -1.47. The maximum atomic E-state index is 11.7. The van der Waals surface area contributed by atoms with E-state index in [0.717, 1.165) is 0 Å². The lowest BCUT2D eigenvalue weighted by atomic mass is 10.1. The van der Waals surface area contributed by atoms with Gasteiger partial charge in [0.15, 0.2) is 11.3 Å². The van der Waals surface area contributed by atoms with Crippen molar-refractivity contribution in [3.63, 3.8) is 0 Å². The van der Waals surface area contributed by atoms with Gasteiger partial charge in [0.25, 0.3) is 0 Å². The highest BCUT2D eigenvalue weighted by atomic mass is 16.5. The molecule has 1 aromatic heterocycles. The van der Waals surface area contributed by atoms with Gasteiger partial charge in [-0.3, -0.25) is 0 Å². The van der Waals surface area contributed by atoms with Gasteiger partial charge in [0, 0.05) is 0 Å². The third kappa shape index (κ3) is 2.03. The smallest absolute Gasteiger partial charge is 0.383 e. The third-order valence-corrected chi connectivity index (χ3v) is 2.69. The average Bonchev–Trinajstić information content (AvgIpc) is 2.41. The van der Waals surface area contributed by atoms with Gasteiger partial charge in [-0.1, -0.05) is 0 Å². The Hall–Kier alpha value is -2.70. The molecule has 0 fully saturated rings. The molecule has 0 radical (unpaired) electrons. The number of methoxy groups -OCH3 is 1. The van der Waals surface area contributed by atoms with Crippen molar-refractivity contribution < 1.29 is 28.9 Å². The van der Waals surface area contributed by atoms with Crippen molar-refractivity contribution >= 4 is 16.9 Å². The Labute approximate surface area is 113 Å². The minimum atomic E-state index is -1.29. The molecule has 0 aliphatic carbocycles. The lowest BCUT2D eigenvalue weighted by Gasteiger charge is -2.11. The maximum absolute atomic E-state index is 11.7. The van der Waals surface area contributed by atoms with Crippen molar-refractivity contribution in [3.8, 4) is 17.2 Å². The number of carboxylic acid groups (broad SMARTS) is 1. The second-order valence-electron chi connectivity index (χ2n) is 3.82. The molecule has 0 aliphatic rings. The molecule has 0 spiro atoms. The molecule has 7 heteroatoms. The molecule has 0 aliphatic heterocycles. The monoisotopic (exact) mass is 280 g/mol. The van der Waals surface area contributed by atoms with Crippen LogP contribution in [-0.4, -0.2) is 29.9 Å². The molecule has 1 aromatic carbocycles. The number of benzene rings is 1. The molecule has 0 atom stereocenters. The molecule has 2 rings (SSSR count). The first-order valence-electron chi connectivity index (χ1n) is 5.74. The zero-order valence-corrected chi connectivity index (χ0v) is 10.8. The van der Waals surface area contributed by atoms with E-state index in [1.807, 2.05) is 0 Å². The van der Waals surface area contributed by atoms with E-state index in [0.29, 0.717) is 0 Å². The summed E-state index contributed by atoms with van der Waals surface area (Å²) in [6, 6.07) is 2.59. The number of hydrogen-bond donors (Lipinski definition) is 2. The van der Waals surface area contributed by atoms with Gasteiger partial charge in [-0.05, 0) is 19.1 Å². The van der Waals surface area contributed by atoms with Crippen molar-refractivity contribution in [2.24, 2.45) is 0 Å². The zero-order valence-electron chi connectivity index (χ0n) is 10.8. The third-order valence-electron chi connectivity index (χ3n) is 2.69. The summed E-state index contributed by atoms with van der Waals surface area (Å²) < 4.78 is 15.0. The van der Waals surface area contributed by atoms with Gasteiger partial charge in [-0.15, -0.1) is 0 Å². The van der Waals surface area contributed by atoms with Crippen LogP contribution in [0.1, 0.15) is 17.3 Å². The standard InChI is InChI=1S/C13H12O7/c1-3-19-11-9(14)8-7(18-2)5-4-6(12(15)16)10(8)20-13(11)17/h4-5,14H,3H2,1-2H3,(H,15,16). The van der Waals surface area contributed by atoms with Crippen molar-refractivity contribution in [3.05, 3.63) is 28.1 Å². The molecule has 0 amide bonds. The van der Waals surface area contributed by atoms with E-state index in [-0.39, 0.29) is 34.6 Å². The van der Waals surface area contributed by atoms with Crippen molar-refractivity contribution in [1.29, 1.82) is 0 Å². The highest BCUT2D eigenvalue weighted by Crippen LogP contribution is 2.39. The summed E-state index contributed by atoms with van der Waals surface area (Å²) in [7, 11) is 1.35. The fourth-order valence-corrected chi connectivity index (χ4v) is 1.85. The minimum absolute atomic E-state index is 0.0181. The normalized spacial score (nSPS) is 10.5. The van der Waals surface area contributed by atoms with Crippen LogP contribution in [0.25, 0.3) is 11.0 Å². The average molecular weight is 280 g/mol. The van der Waals surface area contributed by atoms with Crippen LogP contribution in [0.15, 0.2) is 21.3 Å². The van der Waals surface area contributed by atoms with Crippen LogP contribution in [0.3, 0.4) is 0 Å². The van der Waals surface area contributed by atoms with Crippen LogP contribution in [0.5, 0.6) is 17.2 Å². The number of carboxylic acids is 1. The molecule has 0 saturated carbocycles. The van der Waals surface area contributed by atoms with E-state index >= 15 is 0 Å². The molecule has 2 N–H and O–H groups in total. The van der Waals surface area contributed by atoms with Gasteiger partial charge < -0.3 is 24.1 Å². The van der Waals surface area contributed by atoms with E-state index < -0.39 is 17.3 Å². The molecule has 7 nitrogen and oxygen atoms in total. The predicted octanol–water partition coefficient (Wildman–Crippen LogP) is 1.60. The number of carbonyl (C=O) groups is 1. The summed E-state index contributed by atoms with van der Waals surface area (Å²) >= 11 is 0. The van der Waals surface area contributed by atoms with E-state index in [2.05, 4.69) is 0 Å². The molecule has 0 saturated heterocycles. The number of hydrogen-bond acceptors (Lipinski definition) is 6. The quantitative estimate of drug-likeness (QED) is 0.819. The second-order valence-corrected chi connectivity index (χ2v) is 3.82. The molecular weight excluding hydrogens is 268 g/mol. The summed E-state index contributed by atoms with van der Waals surface area (Å²) in [5, 5.41) is 19.2. The van der Waals surface area contributed by atoms with Gasteiger partial charge in [0.05, 0.1) is 13.7 Å².